The van der Waals surface area contributed by atoms with Gasteiger partial charge < -0.3 is 5.11 Å². The van der Waals surface area contributed by atoms with E-state index in [2.05, 4.69) is 40.1 Å². The first kappa shape index (κ1) is 12.2. The quantitative estimate of drug-likeness (QED) is 0.853. The van der Waals surface area contributed by atoms with Gasteiger partial charge in [-0.15, -0.1) is 0 Å². The molecule has 0 radical (unpaired) electrons. The average molecular weight is 246 g/mol. The van der Waals surface area contributed by atoms with Crippen LogP contribution < -0.4 is 0 Å². The third kappa shape index (κ3) is 2.74. The summed E-state index contributed by atoms with van der Waals surface area (Å²) in [4.78, 5) is 5.02. The number of piperazine rings is 1. The standard InChI is InChI=1S/C15H22N2O/c18-15-7-6-14-11-16(8-9-17(14)12-15)10-13-4-2-1-3-5-13/h1-5,14-15,18H,6-12H2. The highest BCUT2D eigenvalue weighted by Crippen LogP contribution is 2.22. The minimum Gasteiger partial charge on any atom is -0.392 e. The fourth-order valence-corrected chi connectivity index (χ4v) is 3.20. The summed E-state index contributed by atoms with van der Waals surface area (Å²) in [6.45, 7) is 5.33. The van der Waals surface area contributed by atoms with Gasteiger partial charge in [0.1, 0.15) is 0 Å². The Kier molecular flexibility index (Phi) is 3.64. The van der Waals surface area contributed by atoms with Gasteiger partial charge in [-0.05, 0) is 18.4 Å². The Bertz CT molecular complexity index is 381. The molecule has 2 aliphatic rings. The first-order valence-corrected chi connectivity index (χ1v) is 6.99. The summed E-state index contributed by atoms with van der Waals surface area (Å²) < 4.78 is 0. The van der Waals surface area contributed by atoms with E-state index in [1.807, 2.05) is 0 Å². The topological polar surface area (TPSA) is 26.7 Å². The lowest BCUT2D eigenvalue weighted by Gasteiger charge is -2.45. The number of piperidine rings is 1. The Morgan fingerprint density at radius 3 is 2.72 bits per heavy atom. The average Bonchev–Trinajstić information content (AvgIpc) is 2.40. The van der Waals surface area contributed by atoms with E-state index in [9.17, 15) is 5.11 Å². The van der Waals surface area contributed by atoms with Crippen LogP contribution >= 0.6 is 0 Å². The Balaban J connectivity index is 1.58. The van der Waals surface area contributed by atoms with Crippen molar-refractivity contribution in [3.8, 4) is 0 Å². The van der Waals surface area contributed by atoms with E-state index < -0.39 is 0 Å². The highest BCUT2D eigenvalue weighted by molar-refractivity contribution is 5.14. The molecule has 3 heteroatoms. The molecule has 2 fully saturated rings. The maximum atomic E-state index is 9.69. The highest BCUT2D eigenvalue weighted by atomic mass is 16.3. The number of hydrogen-bond donors (Lipinski definition) is 1. The maximum absolute atomic E-state index is 9.69. The van der Waals surface area contributed by atoms with Crippen LogP contribution in [0.15, 0.2) is 30.3 Å². The van der Waals surface area contributed by atoms with Gasteiger partial charge in [0.05, 0.1) is 6.10 Å². The number of rotatable bonds is 2. The third-order valence-electron chi connectivity index (χ3n) is 4.22. The van der Waals surface area contributed by atoms with E-state index in [4.69, 9.17) is 0 Å². The molecule has 2 unspecified atom stereocenters. The smallest absolute Gasteiger partial charge is 0.0667 e. The highest BCUT2D eigenvalue weighted by Gasteiger charge is 2.31. The predicted octanol–water partition coefficient (Wildman–Crippen LogP) is 1.33. The van der Waals surface area contributed by atoms with Crippen LogP contribution in [0.25, 0.3) is 0 Å². The molecule has 1 aromatic rings. The van der Waals surface area contributed by atoms with E-state index in [-0.39, 0.29) is 6.10 Å². The molecule has 0 saturated carbocycles. The molecule has 3 nitrogen and oxygen atoms in total. The van der Waals surface area contributed by atoms with E-state index in [1.54, 1.807) is 0 Å². The minimum atomic E-state index is -0.0954. The predicted molar refractivity (Wildman–Crippen MR) is 72.3 cm³/mol. The van der Waals surface area contributed by atoms with Crippen LogP contribution in [0, 0.1) is 0 Å². The van der Waals surface area contributed by atoms with Crippen LogP contribution in [-0.2, 0) is 6.54 Å². The Hall–Kier alpha value is -0.900. The molecule has 3 rings (SSSR count). The van der Waals surface area contributed by atoms with E-state index in [1.165, 1.54) is 5.56 Å². The van der Waals surface area contributed by atoms with E-state index in [0.717, 1.165) is 45.6 Å². The van der Waals surface area contributed by atoms with Gasteiger partial charge in [-0.2, -0.15) is 0 Å². The molecular weight excluding hydrogens is 224 g/mol. The van der Waals surface area contributed by atoms with Gasteiger partial charge in [0, 0.05) is 38.8 Å². The van der Waals surface area contributed by atoms with Crippen molar-refractivity contribution >= 4 is 0 Å². The number of aliphatic hydroxyl groups excluding tert-OH is 1. The molecule has 1 aromatic carbocycles. The second-order valence-electron chi connectivity index (χ2n) is 5.60. The van der Waals surface area contributed by atoms with Crippen LogP contribution in [-0.4, -0.2) is 53.2 Å². The number of fused-ring (bicyclic) bond motifs is 1. The van der Waals surface area contributed by atoms with Crippen molar-refractivity contribution in [1.29, 1.82) is 0 Å². The summed E-state index contributed by atoms with van der Waals surface area (Å²) in [5.41, 5.74) is 1.40. The number of hydrogen-bond acceptors (Lipinski definition) is 3. The Labute approximate surface area is 109 Å². The molecular formula is C15H22N2O. The van der Waals surface area contributed by atoms with Crippen LogP contribution in [0.4, 0.5) is 0 Å². The second kappa shape index (κ2) is 5.39. The van der Waals surface area contributed by atoms with E-state index >= 15 is 0 Å². The monoisotopic (exact) mass is 246 g/mol. The van der Waals surface area contributed by atoms with E-state index in [0.29, 0.717) is 6.04 Å². The third-order valence-corrected chi connectivity index (χ3v) is 4.22. The lowest BCUT2D eigenvalue weighted by atomic mass is 9.97. The van der Waals surface area contributed by atoms with Gasteiger partial charge in [0.25, 0.3) is 0 Å². The molecule has 0 bridgehead atoms. The molecule has 0 spiro atoms. The molecule has 2 atom stereocenters. The van der Waals surface area contributed by atoms with Crippen molar-refractivity contribution in [2.24, 2.45) is 0 Å². The molecule has 1 N–H and O–H groups in total. The molecule has 2 aliphatic heterocycles. The number of aliphatic hydroxyl groups is 1. The summed E-state index contributed by atoms with van der Waals surface area (Å²) >= 11 is 0. The molecule has 98 valence electrons. The molecule has 0 amide bonds. The van der Waals surface area contributed by atoms with Crippen molar-refractivity contribution in [3.05, 3.63) is 35.9 Å². The van der Waals surface area contributed by atoms with Crippen LogP contribution in [0.5, 0.6) is 0 Å². The number of nitrogens with zero attached hydrogens (tertiary/aromatic N) is 2. The first-order chi connectivity index (χ1) is 8.81. The summed E-state index contributed by atoms with van der Waals surface area (Å²) in [5.74, 6) is 0. The SMILES string of the molecule is OC1CCC2CN(Cc3ccccc3)CCN2C1. The van der Waals surface area contributed by atoms with Crippen molar-refractivity contribution in [2.75, 3.05) is 26.2 Å². The zero-order chi connectivity index (χ0) is 12.4. The first-order valence-electron chi connectivity index (χ1n) is 6.99. The summed E-state index contributed by atoms with van der Waals surface area (Å²) in [5, 5.41) is 9.69. The van der Waals surface area contributed by atoms with Crippen molar-refractivity contribution in [1.82, 2.24) is 9.80 Å². The zero-order valence-corrected chi connectivity index (χ0v) is 10.8. The van der Waals surface area contributed by atoms with Crippen LogP contribution in [0.3, 0.4) is 0 Å². The molecule has 0 aliphatic carbocycles. The van der Waals surface area contributed by atoms with Crippen LogP contribution in [0.1, 0.15) is 18.4 Å². The lowest BCUT2D eigenvalue weighted by molar-refractivity contribution is -0.0105. The van der Waals surface area contributed by atoms with Crippen molar-refractivity contribution < 1.29 is 5.11 Å². The second-order valence-corrected chi connectivity index (χ2v) is 5.60. The van der Waals surface area contributed by atoms with Gasteiger partial charge in [-0.25, -0.2) is 0 Å². The largest absolute Gasteiger partial charge is 0.392 e. The lowest BCUT2D eigenvalue weighted by Crippen LogP contribution is -2.57. The Morgan fingerprint density at radius 1 is 1.06 bits per heavy atom. The number of benzene rings is 1. The molecule has 2 saturated heterocycles. The maximum Gasteiger partial charge on any atom is 0.0667 e. The Morgan fingerprint density at radius 2 is 1.89 bits per heavy atom. The van der Waals surface area contributed by atoms with Crippen molar-refractivity contribution in [3.63, 3.8) is 0 Å². The molecule has 18 heavy (non-hydrogen) atoms. The minimum absolute atomic E-state index is 0.0954. The fourth-order valence-electron chi connectivity index (χ4n) is 3.20. The molecule has 0 aromatic heterocycles. The van der Waals surface area contributed by atoms with Gasteiger partial charge in [-0.1, -0.05) is 30.3 Å². The van der Waals surface area contributed by atoms with Crippen LogP contribution in [0.2, 0.25) is 0 Å². The van der Waals surface area contributed by atoms with Gasteiger partial charge in [0.2, 0.25) is 0 Å². The van der Waals surface area contributed by atoms with Gasteiger partial charge in [-0.3, -0.25) is 9.80 Å². The molecule has 2 heterocycles. The van der Waals surface area contributed by atoms with Crippen molar-refractivity contribution in [2.45, 2.75) is 31.5 Å². The zero-order valence-electron chi connectivity index (χ0n) is 10.8. The van der Waals surface area contributed by atoms with Gasteiger partial charge in [0.15, 0.2) is 0 Å². The van der Waals surface area contributed by atoms with Gasteiger partial charge >= 0.3 is 0 Å². The summed E-state index contributed by atoms with van der Waals surface area (Å²) in [6, 6.07) is 11.4. The summed E-state index contributed by atoms with van der Waals surface area (Å²) in [6.07, 6.45) is 2.02. The fraction of sp³-hybridized carbons (Fsp3) is 0.600. The normalized spacial score (nSPS) is 30.1. The summed E-state index contributed by atoms with van der Waals surface area (Å²) in [7, 11) is 0.